The van der Waals surface area contributed by atoms with Crippen LogP contribution in [-0.2, 0) is 22.7 Å². The number of carbonyl (C=O) groups excluding carboxylic acids is 3. The van der Waals surface area contributed by atoms with Crippen molar-refractivity contribution in [3.05, 3.63) is 59.8 Å². The second-order valence-corrected chi connectivity index (χ2v) is 9.63. The third-order valence-electron chi connectivity index (χ3n) is 7.08. The summed E-state index contributed by atoms with van der Waals surface area (Å²) in [6.07, 6.45) is 7.28. The molecular formula is C26H28FN5O3. The smallest absolute Gasteiger partial charge is 0.273 e. The first-order valence-electron chi connectivity index (χ1n) is 11.9. The highest BCUT2D eigenvalue weighted by molar-refractivity contribution is 6.14. The first-order valence-corrected chi connectivity index (χ1v) is 11.9. The molecule has 3 heterocycles. The summed E-state index contributed by atoms with van der Waals surface area (Å²) in [5.74, 6) is -1.49. The molecular weight excluding hydrogens is 449 g/mol. The van der Waals surface area contributed by atoms with E-state index in [0.717, 1.165) is 31.2 Å². The fourth-order valence-corrected chi connectivity index (χ4v) is 5.29. The Morgan fingerprint density at radius 2 is 2.00 bits per heavy atom. The topological polar surface area (TPSA) is 96.3 Å². The Morgan fingerprint density at radius 1 is 1.23 bits per heavy atom. The molecule has 0 spiro atoms. The molecule has 1 unspecified atom stereocenters. The summed E-state index contributed by atoms with van der Waals surface area (Å²) in [7, 11) is 0. The number of benzene rings is 1. The molecule has 1 aromatic carbocycles. The van der Waals surface area contributed by atoms with E-state index < -0.39 is 17.3 Å². The maximum absolute atomic E-state index is 14.2. The lowest BCUT2D eigenvalue weighted by atomic mass is 9.93. The van der Waals surface area contributed by atoms with E-state index in [2.05, 4.69) is 15.6 Å². The van der Waals surface area contributed by atoms with Gasteiger partial charge in [0.25, 0.3) is 5.91 Å². The predicted molar refractivity (Wildman–Crippen MR) is 129 cm³/mol. The molecule has 8 nitrogen and oxygen atoms in total. The van der Waals surface area contributed by atoms with Gasteiger partial charge in [-0.25, -0.2) is 4.39 Å². The minimum atomic E-state index is -1.21. The lowest BCUT2D eigenvalue weighted by molar-refractivity contribution is -0.133. The second-order valence-electron chi connectivity index (χ2n) is 9.63. The molecule has 0 saturated heterocycles. The average Bonchev–Trinajstić information content (AvgIpc) is 3.43. The zero-order valence-corrected chi connectivity index (χ0v) is 19.8. The van der Waals surface area contributed by atoms with Crippen molar-refractivity contribution in [2.24, 2.45) is 0 Å². The second kappa shape index (κ2) is 8.79. The fraction of sp³-hybridized carbons (Fsp3) is 0.385. The zero-order chi connectivity index (χ0) is 24.7. The zero-order valence-electron chi connectivity index (χ0n) is 19.8. The molecule has 1 fully saturated rings. The number of carbonyl (C=O) groups is 3. The number of amides is 3. The molecule has 5 rings (SSSR count). The number of hydrogen-bond donors (Lipinski definition) is 2. The summed E-state index contributed by atoms with van der Waals surface area (Å²) < 4.78 is 15.9. The van der Waals surface area contributed by atoms with Crippen LogP contribution in [0.4, 0.5) is 10.1 Å². The number of halogens is 1. The van der Waals surface area contributed by atoms with Crippen molar-refractivity contribution >= 4 is 34.3 Å². The van der Waals surface area contributed by atoms with E-state index in [1.165, 1.54) is 19.1 Å². The molecule has 1 saturated carbocycles. The third-order valence-corrected chi connectivity index (χ3v) is 7.08. The number of pyridine rings is 1. The minimum absolute atomic E-state index is 0.0847. The number of aromatic nitrogens is 2. The van der Waals surface area contributed by atoms with Gasteiger partial charge in [0.1, 0.15) is 17.1 Å². The molecule has 2 aliphatic rings. The minimum Gasteiger partial charge on any atom is -0.351 e. The highest BCUT2D eigenvalue weighted by Crippen LogP contribution is 2.40. The van der Waals surface area contributed by atoms with Gasteiger partial charge in [0.05, 0.1) is 17.7 Å². The third kappa shape index (κ3) is 4.05. The van der Waals surface area contributed by atoms with Gasteiger partial charge in [-0.2, -0.15) is 0 Å². The number of nitrogens with zero attached hydrogens (tertiary/aromatic N) is 3. The van der Waals surface area contributed by atoms with Crippen molar-refractivity contribution in [1.29, 1.82) is 0 Å². The molecule has 0 radical (unpaired) electrons. The van der Waals surface area contributed by atoms with Gasteiger partial charge in [-0.3, -0.25) is 19.4 Å². The van der Waals surface area contributed by atoms with Gasteiger partial charge in [0.2, 0.25) is 11.8 Å². The Kier molecular flexibility index (Phi) is 5.78. The van der Waals surface area contributed by atoms with E-state index in [4.69, 9.17) is 0 Å². The Balaban J connectivity index is 1.66. The molecule has 1 atom stereocenters. The molecule has 3 amide bonds. The van der Waals surface area contributed by atoms with E-state index in [-0.39, 0.29) is 42.3 Å². The summed E-state index contributed by atoms with van der Waals surface area (Å²) in [6, 6.07) is 7.92. The monoisotopic (exact) mass is 477 g/mol. The Labute approximate surface area is 202 Å². The van der Waals surface area contributed by atoms with E-state index in [1.807, 2.05) is 6.07 Å². The van der Waals surface area contributed by atoms with E-state index in [1.54, 1.807) is 40.9 Å². The Morgan fingerprint density at radius 3 is 2.69 bits per heavy atom. The summed E-state index contributed by atoms with van der Waals surface area (Å²) in [5.41, 5.74) is 0.634. The van der Waals surface area contributed by atoms with Crippen LogP contribution in [-0.4, -0.2) is 43.8 Å². The summed E-state index contributed by atoms with van der Waals surface area (Å²) in [5, 5.41) is 6.31. The summed E-state index contributed by atoms with van der Waals surface area (Å²) >= 11 is 0. The lowest BCUT2D eigenvalue weighted by Crippen LogP contribution is -2.64. The largest absolute Gasteiger partial charge is 0.351 e. The molecule has 0 bridgehead atoms. The van der Waals surface area contributed by atoms with Crippen LogP contribution in [0.15, 0.2) is 42.7 Å². The van der Waals surface area contributed by atoms with Crippen LogP contribution in [0.3, 0.4) is 0 Å². The van der Waals surface area contributed by atoms with Crippen LogP contribution < -0.4 is 10.6 Å². The predicted octanol–water partition coefficient (Wildman–Crippen LogP) is 3.61. The molecule has 2 N–H and O–H groups in total. The number of fused-ring (bicyclic) bond motifs is 3. The SMILES string of the molecule is CC(=O)Nc1c2n(c3ccc(F)cc13)CC(C)(C(=O)NC1CCCC1)N(Cc1cccnc1)C2=O. The van der Waals surface area contributed by atoms with Crippen LogP contribution in [0.2, 0.25) is 0 Å². The lowest BCUT2D eigenvalue weighted by Gasteiger charge is -2.44. The summed E-state index contributed by atoms with van der Waals surface area (Å²) in [4.78, 5) is 45.6. The first kappa shape index (κ1) is 23.0. The highest BCUT2D eigenvalue weighted by Gasteiger charge is 2.49. The normalized spacial score (nSPS) is 20.2. The highest BCUT2D eigenvalue weighted by atomic mass is 19.1. The Hall–Kier alpha value is -3.75. The van der Waals surface area contributed by atoms with Gasteiger partial charge in [0.15, 0.2) is 0 Å². The quantitative estimate of drug-likeness (QED) is 0.587. The number of rotatable bonds is 5. The number of nitrogens with one attached hydrogen (secondary N) is 2. The van der Waals surface area contributed by atoms with Gasteiger partial charge >= 0.3 is 0 Å². The van der Waals surface area contributed by atoms with Crippen LogP contribution >= 0.6 is 0 Å². The van der Waals surface area contributed by atoms with Crippen molar-refractivity contribution in [3.63, 3.8) is 0 Å². The molecule has 2 aromatic heterocycles. The van der Waals surface area contributed by atoms with Gasteiger partial charge in [-0.15, -0.1) is 0 Å². The van der Waals surface area contributed by atoms with Crippen molar-refractivity contribution < 1.29 is 18.8 Å². The maximum atomic E-state index is 14.2. The molecule has 9 heteroatoms. The van der Waals surface area contributed by atoms with Crippen molar-refractivity contribution in [2.75, 3.05) is 5.32 Å². The first-order chi connectivity index (χ1) is 16.8. The number of hydrogen-bond acceptors (Lipinski definition) is 4. The van der Waals surface area contributed by atoms with Crippen molar-refractivity contribution in [3.8, 4) is 0 Å². The molecule has 1 aliphatic heterocycles. The standard InChI is InChI=1S/C26H28FN5O3/c1-16(33)29-22-20-12-18(27)9-10-21(20)31-15-26(2,25(35)30-19-7-3-4-8-19)32(24(34)23(22)31)14-17-6-5-11-28-13-17/h5-6,9-13,19H,3-4,7-8,14-15H2,1-2H3,(H,29,33)(H,30,35). The van der Waals surface area contributed by atoms with Gasteiger partial charge < -0.3 is 20.1 Å². The molecule has 35 heavy (non-hydrogen) atoms. The van der Waals surface area contributed by atoms with Crippen LogP contribution in [0.5, 0.6) is 0 Å². The van der Waals surface area contributed by atoms with E-state index in [0.29, 0.717) is 10.9 Å². The van der Waals surface area contributed by atoms with E-state index in [9.17, 15) is 18.8 Å². The molecule has 3 aromatic rings. The number of anilines is 1. The van der Waals surface area contributed by atoms with Gasteiger partial charge in [0, 0.05) is 37.3 Å². The molecule has 182 valence electrons. The average molecular weight is 478 g/mol. The maximum Gasteiger partial charge on any atom is 0.273 e. The van der Waals surface area contributed by atoms with Crippen molar-refractivity contribution in [2.45, 2.75) is 64.2 Å². The molecule has 1 aliphatic carbocycles. The van der Waals surface area contributed by atoms with Gasteiger partial charge in [-0.1, -0.05) is 18.9 Å². The summed E-state index contributed by atoms with van der Waals surface area (Å²) in [6.45, 7) is 3.43. The van der Waals surface area contributed by atoms with Crippen LogP contribution in [0.1, 0.15) is 55.6 Å². The van der Waals surface area contributed by atoms with Crippen LogP contribution in [0, 0.1) is 5.82 Å². The van der Waals surface area contributed by atoms with E-state index >= 15 is 0 Å². The van der Waals surface area contributed by atoms with Gasteiger partial charge in [-0.05, 0) is 49.6 Å². The fourth-order valence-electron chi connectivity index (χ4n) is 5.29. The van der Waals surface area contributed by atoms with Crippen molar-refractivity contribution in [1.82, 2.24) is 19.8 Å². The van der Waals surface area contributed by atoms with Crippen LogP contribution in [0.25, 0.3) is 10.9 Å². The Bertz CT molecular complexity index is 1320.